The van der Waals surface area contributed by atoms with Crippen LogP contribution in [0.1, 0.15) is 46.5 Å². The van der Waals surface area contributed by atoms with Gasteiger partial charge in [-0.2, -0.15) is 4.73 Å². The van der Waals surface area contributed by atoms with Gasteiger partial charge in [-0.3, -0.25) is 4.79 Å². The summed E-state index contributed by atoms with van der Waals surface area (Å²) in [5.74, 6) is 0.0892. The Morgan fingerprint density at radius 2 is 1.87 bits per heavy atom. The minimum Gasteiger partial charge on any atom is -0.619 e. The van der Waals surface area contributed by atoms with Gasteiger partial charge in [-0.15, -0.1) is 11.3 Å². The fraction of sp³-hybridized carbons (Fsp3) is 0.333. The van der Waals surface area contributed by atoms with E-state index in [2.05, 4.69) is 5.32 Å². The van der Waals surface area contributed by atoms with Crippen LogP contribution in [0.2, 0.25) is 5.02 Å². The summed E-state index contributed by atoms with van der Waals surface area (Å²) in [6.45, 7) is 2.19. The maximum Gasteiger partial charge on any atom is 0.266 e. The number of pyridine rings is 1. The van der Waals surface area contributed by atoms with Crippen LogP contribution in [0.3, 0.4) is 0 Å². The maximum absolute atomic E-state index is 14.7. The lowest BCUT2D eigenvalue weighted by atomic mass is 9.89. The van der Waals surface area contributed by atoms with Crippen molar-refractivity contribution in [2.24, 2.45) is 0 Å². The number of aryl methyl sites for hydroxylation is 1. The third-order valence-corrected chi connectivity index (χ3v) is 9.37. The predicted molar refractivity (Wildman–Crippen MR) is 154 cm³/mol. The Bertz CT molecular complexity index is 1500. The van der Waals surface area contributed by atoms with Crippen molar-refractivity contribution in [3.8, 4) is 16.9 Å². The number of methoxy groups -OCH3 is 1. The van der Waals surface area contributed by atoms with Gasteiger partial charge < -0.3 is 20.2 Å². The highest BCUT2D eigenvalue weighted by Gasteiger charge is 2.32. The van der Waals surface area contributed by atoms with Gasteiger partial charge >= 0.3 is 0 Å². The van der Waals surface area contributed by atoms with E-state index in [1.165, 1.54) is 18.5 Å². The Morgan fingerprint density at radius 3 is 2.51 bits per heavy atom. The van der Waals surface area contributed by atoms with Crippen LogP contribution in [0, 0.1) is 17.9 Å². The second-order valence-electron chi connectivity index (χ2n) is 10.0. The number of ether oxygens (including phenoxy) is 1. The molecule has 2 aromatic carbocycles. The smallest absolute Gasteiger partial charge is 0.266 e. The molecule has 2 heterocycles. The number of carbonyl (C=O) groups excluding carboxylic acids is 1. The molecule has 9 heteroatoms. The van der Waals surface area contributed by atoms with Crippen LogP contribution < -0.4 is 14.8 Å². The molecule has 1 saturated carbocycles. The fourth-order valence-electron chi connectivity index (χ4n) is 5.47. The number of amides is 1. The minimum absolute atomic E-state index is 0.00108. The summed E-state index contributed by atoms with van der Waals surface area (Å²) in [6.07, 6.45) is 6.51. The number of carbonyl (C=O) groups is 1. The van der Waals surface area contributed by atoms with Crippen molar-refractivity contribution in [2.75, 3.05) is 14.2 Å². The van der Waals surface area contributed by atoms with Crippen molar-refractivity contribution >= 4 is 38.9 Å². The highest BCUT2D eigenvalue weighted by molar-refractivity contribution is 7.21. The van der Waals surface area contributed by atoms with Gasteiger partial charge in [0.1, 0.15) is 16.4 Å². The molecular weight excluding hydrogens is 537 g/mol. The summed E-state index contributed by atoms with van der Waals surface area (Å²) in [6, 6.07) is 12.9. The lowest BCUT2D eigenvalue weighted by Gasteiger charge is -2.37. The Labute approximate surface area is 236 Å². The van der Waals surface area contributed by atoms with E-state index in [-0.39, 0.29) is 17.8 Å². The summed E-state index contributed by atoms with van der Waals surface area (Å²) in [5.41, 5.74) is 3.48. The molecule has 0 atom stereocenters. The zero-order valence-corrected chi connectivity index (χ0v) is 23.7. The zero-order valence-electron chi connectivity index (χ0n) is 22.2. The highest BCUT2D eigenvalue weighted by atomic mass is 35.5. The normalized spacial score (nSPS) is 17.4. The van der Waals surface area contributed by atoms with Crippen LogP contribution >= 0.6 is 22.9 Å². The molecule has 2 aromatic heterocycles. The van der Waals surface area contributed by atoms with E-state index in [4.69, 9.17) is 16.3 Å². The molecule has 4 aromatic rings. The van der Waals surface area contributed by atoms with Crippen LogP contribution in [-0.4, -0.2) is 37.0 Å². The highest BCUT2D eigenvalue weighted by Crippen LogP contribution is 2.41. The molecule has 1 fully saturated rings. The maximum atomic E-state index is 14.7. The van der Waals surface area contributed by atoms with Crippen molar-refractivity contribution in [3.63, 3.8) is 0 Å². The van der Waals surface area contributed by atoms with E-state index in [0.717, 1.165) is 64.0 Å². The Kier molecular flexibility index (Phi) is 8.07. The molecule has 1 aliphatic carbocycles. The molecule has 0 unspecified atom stereocenters. The monoisotopic (exact) mass is 567 g/mol. The molecule has 0 radical (unpaired) electrons. The molecular formula is C30H31ClFN3O3S. The first kappa shape index (κ1) is 27.4. The number of benzene rings is 2. The van der Waals surface area contributed by atoms with Gasteiger partial charge in [0.05, 0.1) is 16.8 Å². The second kappa shape index (κ2) is 11.5. The van der Waals surface area contributed by atoms with Crippen LogP contribution in [0.15, 0.2) is 54.9 Å². The summed E-state index contributed by atoms with van der Waals surface area (Å²) < 4.78 is 21.6. The van der Waals surface area contributed by atoms with Gasteiger partial charge in [-0.25, -0.2) is 4.39 Å². The van der Waals surface area contributed by atoms with E-state index < -0.39 is 0 Å². The molecule has 0 aliphatic heterocycles. The van der Waals surface area contributed by atoms with Crippen molar-refractivity contribution in [1.29, 1.82) is 0 Å². The molecule has 1 aliphatic rings. The van der Waals surface area contributed by atoms with E-state index in [1.54, 1.807) is 25.3 Å². The van der Waals surface area contributed by atoms with Crippen LogP contribution in [0.4, 0.5) is 4.39 Å². The second-order valence-corrected chi connectivity index (χ2v) is 11.4. The number of nitrogens with one attached hydrogen (secondary N) is 1. The Hall–Kier alpha value is -3.20. The van der Waals surface area contributed by atoms with Gasteiger partial charge in [0.15, 0.2) is 12.4 Å². The first-order chi connectivity index (χ1) is 18.8. The minimum atomic E-state index is -0.376. The van der Waals surface area contributed by atoms with Gasteiger partial charge in [0.25, 0.3) is 5.91 Å². The SMILES string of the molecule is CN[C@H]1CC[C@H](N(Cc2cc(-c3cc[n+]([O-])cc3)ccc2OC)C(=O)c2sc3c(F)ccc(C)c3c2Cl)CC1. The van der Waals surface area contributed by atoms with Crippen molar-refractivity contribution in [3.05, 3.63) is 86.9 Å². The lowest BCUT2D eigenvalue weighted by molar-refractivity contribution is -0.605. The summed E-state index contributed by atoms with van der Waals surface area (Å²) >= 11 is 7.89. The molecule has 39 heavy (non-hydrogen) atoms. The topological polar surface area (TPSA) is 68.5 Å². The number of fused-ring (bicyclic) bond motifs is 1. The van der Waals surface area contributed by atoms with E-state index >= 15 is 0 Å². The number of hydrogen-bond donors (Lipinski definition) is 1. The molecule has 0 saturated heterocycles. The third kappa shape index (κ3) is 5.46. The van der Waals surface area contributed by atoms with Crippen LogP contribution in [0.5, 0.6) is 5.75 Å². The summed E-state index contributed by atoms with van der Waals surface area (Å²) in [7, 11) is 3.58. The van der Waals surface area contributed by atoms with Crippen molar-refractivity contribution < 1.29 is 18.7 Å². The molecule has 0 spiro atoms. The lowest BCUT2D eigenvalue weighted by Crippen LogP contribution is -2.44. The number of halogens is 2. The largest absolute Gasteiger partial charge is 0.619 e. The zero-order chi connectivity index (χ0) is 27.7. The van der Waals surface area contributed by atoms with Crippen LogP contribution in [0.25, 0.3) is 21.2 Å². The van der Waals surface area contributed by atoms with E-state index in [1.807, 2.05) is 37.1 Å². The van der Waals surface area contributed by atoms with Gasteiger partial charge in [-0.05, 0) is 74.5 Å². The quantitative estimate of drug-likeness (QED) is 0.205. The van der Waals surface area contributed by atoms with Crippen molar-refractivity contribution in [1.82, 2.24) is 10.2 Å². The molecule has 204 valence electrons. The van der Waals surface area contributed by atoms with Crippen LogP contribution in [-0.2, 0) is 6.54 Å². The average molecular weight is 568 g/mol. The number of hydrogen-bond acceptors (Lipinski definition) is 5. The Balaban J connectivity index is 1.55. The molecule has 5 rings (SSSR count). The molecule has 6 nitrogen and oxygen atoms in total. The van der Waals surface area contributed by atoms with Gasteiger partial charge in [0, 0.05) is 41.7 Å². The van der Waals surface area contributed by atoms with E-state index in [0.29, 0.717) is 38.3 Å². The van der Waals surface area contributed by atoms with E-state index in [9.17, 15) is 14.4 Å². The van der Waals surface area contributed by atoms with Gasteiger partial charge in [-0.1, -0.05) is 23.7 Å². The molecule has 1 amide bonds. The number of aromatic nitrogens is 1. The number of rotatable bonds is 7. The first-order valence-electron chi connectivity index (χ1n) is 13.0. The Morgan fingerprint density at radius 1 is 1.15 bits per heavy atom. The van der Waals surface area contributed by atoms with Crippen molar-refractivity contribution in [2.45, 2.75) is 51.2 Å². The predicted octanol–water partition coefficient (Wildman–Crippen LogP) is 6.48. The molecule has 0 bridgehead atoms. The third-order valence-electron chi connectivity index (χ3n) is 7.70. The first-order valence-corrected chi connectivity index (χ1v) is 14.2. The fourth-order valence-corrected chi connectivity index (χ4v) is 7.10. The number of thiophene rings is 1. The average Bonchev–Trinajstić information content (AvgIpc) is 3.32. The van der Waals surface area contributed by atoms with Gasteiger partial charge in [0.2, 0.25) is 0 Å². The summed E-state index contributed by atoms with van der Waals surface area (Å²) in [4.78, 5) is 16.5. The standard InChI is InChI=1S/C30H31ClFN3O3S/c1-18-4-10-24(32)28-26(18)27(31)29(39-28)30(36)35(23-8-6-22(33-2)7-9-23)17-21-16-20(5-11-25(21)38-3)19-12-14-34(37)15-13-19/h4-5,10-16,22-23,33H,6-9,17H2,1-3H3/t22-,23-. The number of nitrogens with zero attached hydrogens (tertiary/aromatic N) is 2. The summed E-state index contributed by atoms with van der Waals surface area (Å²) in [5, 5.41) is 15.8. The molecule has 1 N–H and O–H groups in total.